The third kappa shape index (κ3) is 3.26. The molecule has 1 fully saturated rings. The van der Waals surface area contributed by atoms with Gasteiger partial charge in [0, 0.05) is 32.5 Å². The van der Waals surface area contributed by atoms with Gasteiger partial charge in [-0.3, -0.25) is 14.7 Å². The molecule has 2 atom stereocenters. The Hall–Kier alpha value is -1.66. The van der Waals surface area contributed by atoms with E-state index in [4.69, 9.17) is 9.47 Å². The minimum absolute atomic E-state index is 0.0135. The Labute approximate surface area is 119 Å². The Morgan fingerprint density at radius 1 is 1.50 bits per heavy atom. The number of likely N-dealkylation sites (N-methyl/N-ethyl adjacent to an activating group) is 1. The normalized spacial score (nSPS) is 22.8. The van der Waals surface area contributed by atoms with Gasteiger partial charge in [-0.1, -0.05) is 6.92 Å². The van der Waals surface area contributed by atoms with E-state index in [1.165, 1.54) is 0 Å². The third-order valence-corrected chi connectivity index (χ3v) is 3.61. The summed E-state index contributed by atoms with van der Waals surface area (Å²) < 4.78 is 10.5. The monoisotopic (exact) mass is 279 g/mol. The van der Waals surface area contributed by atoms with Crippen LogP contribution in [0.4, 0.5) is 0 Å². The number of nitrogens with zero attached hydrogens (tertiary/aromatic N) is 2. The summed E-state index contributed by atoms with van der Waals surface area (Å²) in [6, 6.07) is 3.33. The molecule has 0 aliphatic carbocycles. The van der Waals surface area contributed by atoms with Crippen LogP contribution in [-0.4, -0.2) is 61.8 Å². The number of aromatic nitrogens is 1. The van der Waals surface area contributed by atoms with Gasteiger partial charge in [0.25, 0.3) is 5.91 Å². The maximum atomic E-state index is 12.2. The van der Waals surface area contributed by atoms with E-state index in [0.29, 0.717) is 11.4 Å². The lowest BCUT2D eigenvalue weighted by Gasteiger charge is -2.18. The molecule has 0 radical (unpaired) electrons. The highest BCUT2D eigenvalue weighted by molar-refractivity contribution is 5.92. The summed E-state index contributed by atoms with van der Waals surface area (Å²) in [6.45, 7) is 4.68. The van der Waals surface area contributed by atoms with Crippen LogP contribution >= 0.6 is 0 Å². The Balaban J connectivity index is 2.03. The number of nitrogens with one attached hydrogen (secondary N) is 1. The number of amides is 1. The van der Waals surface area contributed by atoms with Crippen molar-refractivity contribution in [1.82, 2.24) is 15.2 Å². The number of likely N-dealkylation sites (tertiary alicyclic amines) is 1. The van der Waals surface area contributed by atoms with Gasteiger partial charge >= 0.3 is 0 Å². The fourth-order valence-electron chi connectivity index (χ4n) is 2.39. The summed E-state index contributed by atoms with van der Waals surface area (Å²) in [5, 5.41) is 2.99. The quantitative estimate of drug-likeness (QED) is 0.852. The van der Waals surface area contributed by atoms with E-state index < -0.39 is 0 Å². The SMILES string of the molecule is CCN1C[C@H](NC(=O)c2cc(OC)ccn2)[C@@H](OC)C1. The molecular weight excluding hydrogens is 258 g/mol. The minimum Gasteiger partial charge on any atom is -0.497 e. The molecule has 1 aromatic heterocycles. The summed E-state index contributed by atoms with van der Waals surface area (Å²) in [5.74, 6) is 0.420. The van der Waals surface area contributed by atoms with Gasteiger partial charge in [-0.15, -0.1) is 0 Å². The lowest BCUT2D eigenvalue weighted by atomic mass is 10.2. The van der Waals surface area contributed by atoms with Crippen molar-refractivity contribution in [3.63, 3.8) is 0 Å². The predicted octanol–water partition coefficient (Wildman–Crippen LogP) is 0.539. The number of pyridine rings is 1. The third-order valence-electron chi connectivity index (χ3n) is 3.61. The molecule has 1 aliphatic heterocycles. The average molecular weight is 279 g/mol. The molecule has 1 aliphatic rings. The van der Waals surface area contributed by atoms with Crippen molar-refractivity contribution >= 4 is 5.91 Å². The van der Waals surface area contributed by atoms with Crippen molar-refractivity contribution in [2.45, 2.75) is 19.1 Å². The van der Waals surface area contributed by atoms with E-state index in [1.807, 2.05) is 0 Å². The van der Waals surface area contributed by atoms with E-state index >= 15 is 0 Å². The zero-order valence-corrected chi connectivity index (χ0v) is 12.1. The largest absolute Gasteiger partial charge is 0.497 e. The lowest BCUT2D eigenvalue weighted by molar-refractivity contribution is 0.0759. The van der Waals surface area contributed by atoms with Crippen LogP contribution in [-0.2, 0) is 4.74 Å². The summed E-state index contributed by atoms with van der Waals surface area (Å²) in [6.07, 6.45) is 1.58. The summed E-state index contributed by atoms with van der Waals surface area (Å²) in [5.41, 5.74) is 0.356. The van der Waals surface area contributed by atoms with Crippen molar-refractivity contribution in [3.05, 3.63) is 24.0 Å². The Morgan fingerprint density at radius 3 is 2.95 bits per heavy atom. The molecular formula is C14H21N3O3. The highest BCUT2D eigenvalue weighted by Gasteiger charge is 2.33. The molecule has 1 N–H and O–H groups in total. The number of rotatable bonds is 5. The molecule has 2 rings (SSSR count). The van der Waals surface area contributed by atoms with Gasteiger partial charge in [0.15, 0.2) is 0 Å². The van der Waals surface area contributed by atoms with Gasteiger partial charge in [0.2, 0.25) is 0 Å². The fraction of sp³-hybridized carbons (Fsp3) is 0.571. The zero-order chi connectivity index (χ0) is 14.5. The lowest BCUT2D eigenvalue weighted by Crippen LogP contribution is -2.43. The van der Waals surface area contributed by atoms with Gasteiger partial charge in [-0.2, -0.15) is 0 Å². The fourth-order valence-corrected chi connectivity index (χ4v) is 2.39. The first-order valence-corrected chi connectivity index (χ1v) is 6.74. The second kappa shape index (κ2) is 6.67. The highest BCUT2D eigenvalue weighted by atomic mass is 16.5. The topological polar surface area (TPSA) is 63.7 Å². The average Bonchev–Trinajstić information content (AvgIpc) is 2.89. The number of hydrogen-bond donors (Lipinski definition) is 1. The van der Waals surface area contributed by atoms with Gasteiger partial charge in [-0.05, 0) is 12.6 Å². The first-order chi connectivity index (χ1) is 9.67. The molecule has 0 saturated carbocycles. The first kappa shape index (κ1) is 14.7. The molecule has 1 aromatic rings. The smallest absolute Gasteiger partial charge is 0.270 e. The Kier molecular flexibility index (Phi) is 4.92. The molecule has 0 aromatic carbocycles. The molecule has 6 heteroatoms. The van der Waals surface area contributed by atoms with Gasteiger partial charge < -0.3 is 14.8 Å². The molecule has 6 nitrogen and oxygen atoms in total. The number of hydrogen-bond acceptors (Lipinski definition) is 5. The van der Waals surface area contributed by atoms with E-state index in [2.05, 4.69) is 22.1 Å². The van der Waals surface area contributed by atoms with E-state index in [1.54, 1.807) is 32.5 Å². The van der Waals surface area contributed by atoms with Crippen LogP contribution < -0.4 is 10.1 Å². The second-order valence-electron chi connectivity index (χ2n) is 4.79. The van der Waals surface area contributed by atoms with Crippen LogP contribution in [0.25, 0.3) is 0 Å². The summed E-state index contributed by atoms with van der Waals surface area (Å²) >= 11 is 0. The maximum Gasteiger partial charge on any atom is 0.270 e. The molecule has 0 spiro atoms. The summed E-state index contributed by atoms with van der Waals surface area (Å²) in [7, 11) is 3.24. The van der Waals surface area contributed by atoms with Crippen molar-refractivity contribution in [3.8, 4) is 5.75 Å². The van der Waals surface area contributed by atoms with E-state index in [-0.39, 0.29) is 18.1 Å². The maximum absolute atomic E-state index is 12.2. The molecule has 0 bridgehead atoms. The van der Waals surface area contributed by atoms with Crippen molar-refractivity contribution in [2.75, 3.05) is 33.9 Å². The molecule has 1 saturated heterocycles. The molecule has 1 amide bonds. The zero-order valence-electron chi connectivity index (χ0n) is 12.1. The Morgan fingerprint density at radius 2 is 2.30 bits per heavy atom. The van der Waals surface area contributed by atoms with Crippen LogP contribution in [0.1, 0.15) is 17.4 Å². The molecule has 0 unspecified atom stereocenters. The summed E-state index contributed by atoms with van der Waals surface area (Å²) in [4.78, 5) is 18.5. The first-order valence-electron chi connectivity index (χ1n) is 6.74. The molecule has 2 heterocycles. The van der Waals surface area contributed by atoms with Crippen LogP contribution in [0, 0.1) is 0 Å². The van der Waals surface area contributed by atoms with Crippen molar-refractivity contribution < 1.29 is 14.3 Å². The van der Waals surface area contributed by atoms with Crippen molar-refractivity contribution in [1.29, 1.82) is 0 Å². The standard InChI is InChI=1S/C14H21N3O3/c1-4-17-8-12(13(9-17)20-3)16-14(18)11-7-10(19-2)5-6-15-11/h5-7,12-13H,4,8-9H2,1-3H3,(H,16,18)/t12-,13-/m0/s1. The number of carbonyl (C=O) groups excluding carboxylic acids is 1. The van der Waals surface area contributed by atoms with Gasteiger partial charge in [-0.25, -0.2) is 0 Å². The van der Waals surface area contributed by atoms with Crippen LogP contribution in [0.5, 0.6) is 5.75 Å². The van der Waals surface area contributed by atoms with Crippen LogP contribution in [0.15, 0.2) is 18.3 Å². The van der Waals surface area contributed by atoms with Gasteiger partial charge in [0.1, 0.15) is 11.4 Å². The number of carbonyl (C=O) groups is 1. The van der Waals surface area contributed by atoms with E-state index in [0.717, 1.165) is 19.6 Å². The number of ether oxygens (including phenoxy) is 2. The molecule has 110 valence electrons. The van der Waals surface area contributed by atoms with Crippen LogP contribution in [0.2, 0.25) is 0 Å². The van der Waals surface area contributed by atoms with Crippen molar-refractivity contribution in [2.24, 2.45) is 0 Å². The van der Waals surface area contributed by atoms with E-state index in [9.17, 15) is 4.79 Å². The Bertz CT molecular complexity index is 467. The highest BCUT2D eigenvalue weighted by Crippen LogP contribution is 2.14. The van der Waals surface area contributed by atoms with Crippen LogP contribution in [0.3, 0.4) is 0 Å². The number of methoxy groups -OCH3 is 2. The molecule has 20 heavy (non-hydrogen) atoms. The predicted molar refractivity (Wildman–Crippen MR) is 75.0 cm³/mol. The van der Waals surface area contributed by atoms with Gasteiger partial charge in [0.05, 0.1) is 19.3 Å². The second-order valence-corrected chi connectivity index (χ2v) is 4.79. The minimum atomic E-state index is -0.200.